The van der Waals surface area contributed by atoms with E-state index >= 15 is 0 Å². The number of morpholine rings is 1. The molecule has 1 aliphatic heterocycles. The van der Waals surface area contributed by atoms with E-state index in [1.807, 2.05) is 35.2 Å². The number of benzene rings is 2. The highest BCUT2D eigenvalue weighted by atomic mass is 16.7. The number of anilines is 1. The largest absolute Gasteiger partial charge is 0.465 e. The lowest BCUT2D eigenvalue weighted by molar-refractivity contribution is -0.128. The second-order valence-corrected chi connectivity index (χ2v) is 6.37. The van der Waals surface area contributed by atoms with E-state index in [1.165, 1.54) is 12.2 Å². The normalized spacial score (nSPS) is 14.5. The van der Waals surface area contributed by atoms with Gasteiger partial charge in [-0.05, 0) is 29.8 Å². The van der Waals surface area contributed by atoms with Crippen molar-refractivity contribution < 1.29 is 23.9 Å². The molecule has 0 aromatic heterocycles. The number of carbonyl (C=O) groups is 2. The molecule has 0 N–H and O–H groups in total. The molecule has 1 amide bonds. The Labute approximate surface area is 164 Å². The van der Waals surface area contributed by atoms with Gasteiger partial charge >= 0.3 is 5.97 Å². The number of hydrogen-bond acceptors (Lipinski definition) is 6. The number of methoxy groups -OCH3 is 1. The third-order valence-electron chi connectivity index (χ3n) is 4.42. The van der Waals surface area contributed by atoms with Crippen molar-refractivity contribution in [3.05, 3.63) is 65.7 Å². The summed E-state index contributed by atoms with van der Waals surface area (Å²) in [6.07, 6.45) is 0. The van der Waals surface area contributed by atoms with Gasteiger partial charge in [0.1, 0.15) is 6.61 Å². The van der Waals surface area contributed by atoms with E-state index in [2.05, 4.69) is 0 Å². The Hall–Kier alpha value is -2.74. The van der Waals surface area contributed by atoms with Crippen molar-refractivity contribution in [1.29, 1.82) is 0 Å². The van der Waals surface area contributed by atoms with Crippen LogP contribution in [-0.4, -0.2) is 56.7 Å². The summed E-state index contributed by atoms with van der Waals surface area (Å²) in [5, 5.41) is 1.30. The van der Waals surface area contributed by atoms with E-state index in [0.29, 0.717) is 37.6 Å². The van der Waals surface area contributed by atoms with Gasteiger partial charge in [-0.2, -0.15) is 5.06 Å². The van der Waals surface area contributed by atoms with Crippen LogP contribution in [0.15, 0.2) is 54.6 Å². The Morgan fingerprint density at radius 3 is 2.36 bits per heavy atom. The van der Waals surface area contributed by atoms with E-state index in [1.54, 1.807) is 24.3 Å². The number of rotatable bonds is 7. The maximum Gasteiger partial charge on any atom is 0.337 e. The van der Waals surface area contributed by atoms with Crippen molar-refractivity contribution in [3.63, 3.8) is 0 Å². The van der Waals surface area contributed by atoms with Crippen LogP contribution in [0, 0.1) is 0 Å². The van der Waals surface area contributed by atoms with Crippen LogP contribution < -0.4 is 5.06 Å². The SMILES string of the molecule is COC(=O)c1ccc(N(OCc2ccccc2)C(=O)CN2CCOCC2)cc1. The van der Waals surface area contributed by atoms with Gasteiger partial charge in [0.05, 0.1) is 38.1 Å². The van der Waals surface area contributed by atoms with Crippen LogP contribution >= 0.6 is 0 Å². The van der Waals surface area contributed by atoms with Gasteiger partial charge in [0.25, 0.3) is 5.91 Å². The Balaban J connectivity index is 1.74. The van der Waals surface area contributed by atoms with E-state index < -0.39 is 5.97 Å². The molecule has 2 aromatic rings. The topological polar surface area (TPSA) is 68.3 Å². The standard InChI is InChI=1S/C21H24N2O5/c1-26-21(25)18-7-9-19(10-8-18)23(28-16-17-5-3-2-4-6-17)20(24)15-22-11-13-27-14-12-22/h2-10H,11-16H2,1H3. The summed E-state index contributed by atoms with van der Waals surface area (Å²) >= 11 is 0. The molecular formula is C21H24N2O5. The van der Waals surface area contributed by atoms with Crippen molar-refractivity contribution in [2.75, 3.05) is 45.0 Å². The summed E-state index contributed by atoms with van der Waals surface area (Å²) < 4.78 is 10.1. The van der Waals surface area contributed by atoms with Crippen molar-refractivity contribution in [2.45, 2.75) is 6.61 Å². The molecule has 0 unspecified atom stereocenters. The van der Waals surface area contributed by atoms with Gasteiger partial charge in [-0.15, -0.1) is 0 Å². The second-order valence-electron chi connectivity index (χ2n) is 6.37. The molecule has 7 nitrogen and oxygen atoms in total. The van der Waals surface area contributed by atoms with Crippen LogP contribution in [0.3, 0.4) is 0 Å². The average molecular weight is 384 g/mol. The molecule has 1 saturated heterocycles. The molecule has 28 heavy (non-hydrogen) atoms. The first-order chi connectivity index (χ1) is 13.7. The van der Waals surface area contributed by atoms with Crippen LogP contribution in [0.25, 0.3) is 0 Å². The monoisotopic (exact) mass is 384 g/mol. The maximum atomic E-state index is 12.9. The first kappa shape index (κ1) is 20.0. The zero-order valence-corrected chi connectivity index (χ0v) is 15.9. The molecule has 1 heterocycles. The van der Waals surface area contributed by atoms with Crippen LogP contribution in [0.2, 0.25) is 0 Å². The van der Waals surface area contributed by atoms with Gasteiger partial charge in [0, 0.05) is 13.1 Å². The molecule has 0 atom stereocenters. The molecule has 0 bridgehead atoms. The van der Waals surface area contributed by atoms with Gasteiger partial charge in [0.15, 0.2) is 0 Å². The molecule has 7 heteroatoms. The molecule has 148 valence electrons. The van der Waals surface area contributed by atoms with Crippen molar-refractivity contribution in [2.24, 2.45) is 0 Å². The fourth-order valence-corrected chi connectivity index (χ4v) is 2.87. The highest BCUT2D eigenvalue weighted by Gasteiger charge is 2.22. The van der Waals surface area contributed by atoms with Crippen molar-refractivity contribution in [3.8, 4) is 0 Å². The Morgan fingerprint density at radius 1 is 1.04 bits per heavy atom. The van der Waals surface area contributed by atoms with Gasteiger partial charge in [-0.1, -0.05) is 30.3 Å². The molecule has 0 radical (unpaired) electrons. The van der Waals surface area contributed by atoms with E-state index in [0.717, 1.165) is 5.56 Å². The van der Waals surface area contributed by atoms with E-state index in [4.69, 9.17) is 14.3 Å². The number of hydrogen-bond donors (Lipinski definition) is 0. The van der Waals surface area contributed by atoms with E-state index in [-0.39, 0.29) is 19.1 Å². The molecule has 2 aromatic carbocycles. The molecule has 3 rings (SSSR count). The lowest BCUT2D eigenvalue weighted by Gasteiger charge is -2.29. The first-order valence-electron chi connectivity index (χ1n) is 9.15. The van der Waals surface area contributed by atoms with Crippen LogP contribution in [0.4, 0.5) is 5.69 Å². The third-order valence-corrected chi connectivity index (χ3v) is 4.42. The summed E-state index contributed by atoms with van der Waals surface area (Å²) in [5.41, 5.74) is 1.93. The number of carbonyl (C=O) groups excluding carboxylic acids is 2. The number of esters is 1. The van der Waals surface area contributed by atoms with Crippen LogP contribution in [-0.2, 0) is 25.7 Å². The molecule has 1 fully saturated rings. The number of ether oxygens (including phenoxy) is 2. The van der Waals surface area contributed by atoms with Gasteiger partial charge < -0.3 is 9.47 Å². The fourth-order valence-electron chi connectivity index (χ4n) is 2.87. The summed E-state index contributed by atoms with van der Waals surface area (Å²) in [4.78, 5) is 32.5. The van der Waals surface area contributed by atoms with Gasteiger partial charge in [-0.3, -0.25) is 14.5 Å². The first-order valence-corrected chi connectivity index (χ1v) is 9.15. The lowest BCUT2D eigenvalue weighted by atomic mass is 10.2. The Kier molecular flexibility index (Phi) is 7.13. The number of nitrogens with zero attached hydrogens (tertiary/aromatic N) is 2. The summed E-state index contributed by atoms with van der Waals surface area (Å²) in [6.45, 7) is 3.14. The Bertz CT molecular complexity index is 773. The van der Waals surface area contributed by atoms with Crippen molar-refractivity contribution >= 4 is 17.6 Å². The molecule has 1 aliphatic rings. The van der Waals surface area contributed by atoms with Crippen LogP contribution in [0.1, 0.15) is 15.9 Å². The quantitative estimate of drug-likeness (QED) is 0.539. The zero-order valence-electron chi connectivity index (χ0n) is 15.9. The highest BCUT2D eigenvalue weighted by molar-refractivity contribution is 5.94. The second kappa shape index (κ2) is 9.98. The van der Waals surface area contributed by atoms with Crippen molar-refractivity contribution in [1.82, 2.24) is 4.90 Å². The average Bonchev–Trinajstić information content (AvgIpc) is 2.75. The predicted octanol–water partition coefficient (Wildman–Crippen LogP) is 2.27. The van der Waals surface area contributed by atoms with E-state index in [9.17, 15) is 9.59 Å². The summed E-state index contributed by atoms with van der Waals surface area (Å²) in [7, 11) is 1.33. The van der Waals surface area contributed by atoms with Gasteiger partial charge in [-0.25, -0.2) is 4.79 Å². The fraction of sp³-hybridized carbons (Fsp3) is 0.333. The summed E-state index contributed by atoms with van der Waals surface area (Å²) in [5.74, 6) is -0.605. The molecule has 0 spiro atoms. The molecular weight excluding hydrogens is 360 g/mol. The minimum atomic E-state index is -0.428. The number of amides is 1. The lowest BCUT2D eigenvalue weighted by Crippen LogP contribution is -2.45. The Morgan fingerprint density at radius 2 is 1.71 bits per heavy atom. The smallest absolute Gasteiger partial charge is 0.337 e. The number of hydroxylamine groups is 1. The maximum absolute atomic E-state index is 12.9. The zero-order chi connectivity index (χ0) is 19.8. The van der Waals surface area contributed by atoms with Gasteiger partial charge in [0.2, 0.25) is 0 Å². The molecule has 0 aliphatic carbocycles. The third kappa shape index (κ3) is 5.39. The minimum Gasteiger partial charge on any atom is -0.465 e. The highest BCUT2D eigenvalue weighted by Crippen LogP contribution is 2.18. The van der Waals surface area contributed by atoms with Crippen LogP contribution in [0.5, 0.6) is 0 Å². The molecule has 0 saturated carbocycles. The minimum absolute atomic E-state index is 0.177. The predicted molar refractivity (Wildman–Crippen MR) is 104 cm³/mol. The summed E-state index contributed by atoms with van der Waals surface area (Å²) in [6, 6.07) is 16.2.